The number of aryl methyl sites for hydroxylation is 2. The van der Waals surface area contributed by atoms with E-state index in [4.69, 9.17) is 15.6 Å². The van der Waals surface area contributed by atoms with Gasteiger partial charge in [0.1, 0.15) is 16.9 Å². The number of nitrogens with one attached hydrogen (secondary N) is 1. The van der Waals surface area contributed by atoms with Crippen molar-refractivity contribution in [1.82, 2.24) is 39.9 Å². The number of aromatic amines is 1. The van der Waals surface area contributed by atoms with Crippen molar-refractivity contribution in [3.63, 3.8) is 0 Å². The third-order valence-electron chi connectivity index (χ3n) is 4.96. The van der Waals surface area contributed by atoms with Crippen molar-refractivity contribution in [1.29, 1.82) is 0 Å². The first-order valence-corrected chi connectivity index (χ1v) is 9.34. The van der Waals surface area contributed by atoms with E-state index in [1.165, 1.54) is 7.11 Å². The summed E-state index contributed by atoms with van der Waals surface area (Å²) >= 11 is 0. The van der Waals surface area contributed by atoms with Crippen LogP contribution in [0.2, 0.25) is 0 Å². The number of ether oxygens (including phenoxy) is 1. The molecule has 0 atom stereocenters. The number of H-pyrrole nitrogens is 1. The number of nitrogens with zero attached hydrogens (tertiary/aromatic N) is 7. The summed E-state index contributed by atoms with van der Waals surface area (Å²) in [5.41, 5.74) is 11.0. The van der Waals surface area contributed by atoms with Crippen LogP contribution in [0, 0.1) is 13.8 Å². The highest BCUT2D eigenvalue weighted by Crippen LogP contribution is 2.31. The molecule has 0 amide bonds. The number of fused-ring (bicyclic) bond motifs is 2. The predicted octanol–water partition coefficient (Wildman–Crippen LogP) is 2.42. The second-order valence-electron chi connectivity index (χ2n) is 7.05. The van der Waals surface area contributed by atoms with Gasteiger partial charge < -0.3 is 10.5 Å². The van der Waals surface area contributed by atoms with Gasteiger partial charge in [-0.15, -0.1) is 5.10 Å². The number of pyridine rings is 2. The zero-order chi connectivity index (χ0) is 20.8. The summed E-state index contributed by atoms with van der Waals surface area (Å²) in [7, 11) is 1.52. The van der Waals surface area contributed by atoms with E-state index in [-0.39, 0.29) is 5.82 Å². The van der Waals surface area contributed by atoms with Gasteiger partial charge in [0.15, 0.2) is 17.1 Å². The van der Waals surface area contributed by atoms with Gasteiger partial charge in [-0.3, -0.25) is 10.1 Å². The van der Waals surface area contributed by atoms with Crippen LogP contribution in [-0.2, 0) is 6.54 Å². The minimum atomic E-state index is 0.268. The molecule has 0 aliphatic rings. The van der Waals surface area contributed by atoms with Crippen LogP contribution in [0.25, 0.3) is 33.6 Å². The fourth-order valence-electron chi connectivity index (χ4n) is 3.45. The van der Waals surface area contributed by atoms with Crippen LogP contribution in [0.4, 0.5) is 5.82 Å². The van der Waals surface area contributed by atoms with Crippen molar-refractivity contribution in [2.45, 2.75) is 20.4 Å². The highest BCUT2D eigenvalue weighted by Gasteiger charge is 2.20. The lowest BCUT2D eigenvalue weighted by Crippen LogP contribution is -2.06. The third kappa shape index (κ3) is 2.81. The minimum Gasteiger partial charge on any atom is -0.479 e. The molecule has 0 radical (unpaired) electrons. The number of aromatic nitrogens is 8. The summed E-state index contributed by atoms with van der Waals surface area (Å²) in [5, 5.41) is 13.1. The zero-order valence-electron chi connectivity index (χ0n) is 16.7. The Labute approximate surface area is 171 Å². The first kappa shape index (κ1) is 18.0. The monoisotopic (exact) mass is 401 g/mol. The van der Waals surface area contributed by atoms with E-state index in [9.17, 15) is 0 Å². The minimum absolute atomic E-state index is 0.268. The van der Waals surface area contributed by atoms with Crippen LogP contribution >= 0.6 is 0 Å². The smallest absolute Gasteiger partial charge is 0.245 e. The molecule has 0 saturated carbocycles. The molecule has 5 aromatic rings. The number of nitrogen functional groups attached to an aromatic ring is 1. The Hall–Kier alpha value is -4.08. The maximum Gasteiger partial charge on any atom is 0.245 e. The first-order valence-electron chi connectivity index (χ1n) is 9.34. The highest BCUT2D eigenvalue weighted by molar-refractivity contribution is 5.94. The molecule has 0 spiro atoms. The van der Waals surface area contributed by atoms with Crippen molar-refractivity contribution in [2.75, 3.05) is 12.8 Å². The van der Waals surface area contributed by atoms with Crippen LogP contribution < -0.4 is 10.5 Å². The van der Waals surface area contributed by atoms with E-state index in [1.807, 2.05) is 42.9 Å². The maximum absolute atomic E-state index is 6.19. The van der Waals surface area contributed by atoms with Crippen LogP contribution in [0.15, 0.2) is 30.6 Å². The van der Waals surface area contributed by atoms with Gasteiger partial charge in [0.2, 0.25) is 5.88 Å². The molecule has 5 rings (SSSR count). The average Bonchev–Trinajstić information content (AvgIpc) is 3.31. The second kappa shape index (κ2) is 6.76. The lowest BCUT2D eigenvalue weighted by Gasteiger charge is -2.05. The van der Waals surface area contributed by atoms with Gasteiger partial charge >= 0.3 is 0 Å². The largest absolute Gasteiger partial charge is 0.479 e. The van der Waals surface area contributed by atoms with Gasteiger partial charge in [0, 0.05) is 12.4 Å². The molecule has 0 aromatic carbocycles. The molecular formula is C20H19N9O. The molecule has 0 aliphatic carbocycles. The Balaban J connectivity index is 1.71. The van der Waals surface area contributed by atoms with Crippen molar-refractivity contribution in [2.24, 2.45) is 0 Å². The Bertz CT molecular complexity index is 1400. The zero-order valence-corrected chi connectivity index (χ0v) is 16.7. The van der Waals surface area contributed by atoms with Crippen molar-refractivity contribution >= 4 is 27.9 Å². The summed E-state index contributed by atoms with van der Waals surface area (Å²) in [6, 6.07) is 5.96. The number of nitrogens with two attached hydrogens (primary N) is 1. The molecule has 3 N–H and O–H groups in total. The summed E-state index contributed by atoms with van der Waals surface area (Å²) < 4.78 is 7.04. The predicted molar refractivity (Wildman–Crippen MR) is 112 cm³/mol. The molecule has 150 valence electrons. The average molecular weight is 401 g/mol. The van der Waals surface area contributed by atoms with Crippen LogP contribution in [0.1, 0.15) is 16.8 Å². The van der Waals surface area contributed by atoms with Crippen LogP contribution in [0.5, 0.6) is 5.88 Å². The molecule has 0 unspecified atom stereocenters. The van der Waals surface area contributed by atoms with E-state index >= 15 is 0 Å². The molecule has 0 aliphatic heterocycles. The van der Waals surface area contributed by atoms with Gasteiger partial charge in [-0.2, -0.15) is 5.10 Å². The van der Waals surface area contributed by atoms with E-state index < -0.39 is 0 Å². The number of rotatable bonds is 4. The molecule has 0 saturated heterocycles. The molecule has 30 heavy (non-hydrogen) atoms. The van der Waals surface area contributed by atoms with E-state index in [0.29, 0.717) is 35.0 Å². The Morgan fingerprint density at radius 3 is 2.87 bits per heavy atom. The van der Waals surface area contributed by atoms with E-state index in [0.717, 1.165) is 27.9 Å². The molecule has 5 heterocycles. The second-order valence-corrected chi connectivity index (χ2v) is 7.05. The van der Waals surface area contributed by atoms with Crippen LogP contribution in [-0.4, -0.2) is 47.0 Å². The highest BCUT2D eigenvalue weighted by atomic mass is 16.5. The standard InChI is InChI=1S/C20H19N9O/c1-10-7-12-15(18-24-16(21)14-17(25-18)26-27-20(14)30-3)28-29(19(12)23-8-10)9-13-11(2)5-4-6-22-13/h4-8H,9H2,1-3H3,(H3,21,24,25,26,27). The Morgan fingerprint density at radius 2 is 2.07 bits per heavy atom. The number of hydrogen-bond donors (Lipinski definition) is 2. The molecule has 0 bridgehead atoms. The fourth-order valence-corrected chi connectivity index (χ4v) is 3.45. The molecule has 0 fully saturated rings. The van der Waals surface area contributed by atoms with Crippen molar-refractivity contribution < 1.29 is 4.74 Å². The lowest BCUT2D eigenvalue weighted by atomic mass is 10.2. The van der Waals surface area contributed by atoms with Gasteiger partial charge in [-0.05, 0) is 37.1 Å². The SMILES string of the molecule is COc1n[nH]c2nc(-c3nn(Cc4ncccc4C)c4ncc(C)cc34)nc(N)c12. The number of methoxy groups -OCH3 is 1. The third-order valence-corrected chi connectivity index (χ3v) is 4.96. The van der Waals surface area contributed by atoms with Crippen LogP contribution in [0.3, 0.4) is 0 Å². The lowest BCUT2D eigenvalue weighted by molar-refractivity contribution is 0.401. The quantitative estimate of drug-likeness (QED) is 0.469. The van der Waals surface area contributed by atoms with Gasteiger partial charge in [-0.1, -0.05) is 6.07 Å². The van der Waals surface area contributed by atoms with Crippen molar-refractivity contribution in [3.8, 4) is 17.4 Å². The summed E-state index contributed by atoms with van der Waals surface area (Å²) in [4.78, 5) is 18.1. The Kier molecular flexibility index (Phi) is 4.05. The van der Waals surface area contributed by atoms with Crippen molar-refractivity contribution in [3.05, 3.63) is 47.4 Å². The molecule has 10 heteroatoms. The molecule has 10 nitrogen and oxygen atoms in total. The number of anilines is 1. The fraction of sp³-hybridized carbons (Fsp3) is 0.200. The van der Waals surface area contributed by atoms with Gasteiger partial charge in [-0.25, -0.2) is 19.6 Å². The summed E-state index contributed by atoms with van der Waals surface area (Å²) in [6.45, 7) is 4.49. The van der Waals surface area contributed by atoms with Gasteiger partial charge in [0.05, 0.1) is 24.7 Å². The first-order chi connectivity index (χ1) is 14.5. The van der Waals surface area contributed by atoms with E-state index in [2.05, 4.69) is 30.1 Å². The van der Waals surface area contributed by atoms with Gasteiger partial charge in [0.25, 0.3) is 0 Å². The topological polar surface area (TPSA) is 133 Å². The Morgan fingerprint density at radius 1 is 1.20 bits per heavy atom. The molecule has 5 aromatic heterocycles. The molecular weight excluding hydrogens is 382 g/mol. The normalized spacial score (nSPS) is 11.4. The maximum atomic E-state index is 6.19. The summed E-state index contributed by atoms with van der Waals surface area (Å²) in [6.07, 6.45) is 3.59. The summed E-state index contributed by atoms with van der Waals surface area (Å²) in [5.74, 6) is 1.01. The van der Waals surface area contributed by atoms with E-state index in [1.54, 1.807) is 6.20 Å². The number of hydrogen-bond acceptors (Lipinski definition) is 8.